The Kier molecular flexibility index (Phi) is 4.92. The van der Waals surface area contributed by atoms with Gasteiger partial charge in [0.1, 0.15) is 0 Å². The van der Waals surface area contributed by atoms with Crippen LogP contribution in [0.25, 0.3) is 0 Å². The fourth-order valence-electron chi connectivity index (χ4n) is 1.22. The molecule has 0 aliphatic rings. The van der Waals surface area contributed by atoms with Gasteiger partial charge < -0.3 is 4.90 Å². The summed E-state index contributed by atoms with van der Waals surface area (Å²) in [5.41, 5.74) is 0. The lowest BCUT2D eigenvalue weighted by Crippen LogP contribution is -2.26. The van der Waals surface area contributed by atoms with Crippen molar-refractivity contribution in [2.45, 2.75) is 27.2 Å². The molecule has 0 aromatic carbocycles. The van der Waals surface area contributed by atoms with Gasteiger partial charge in [-0.15, -0.1) is 0 Å². The summed E-state index contributed by atoms with van der Waals surface area (Å²) in [5.74, 6) is 1.31. The van der Waals surface area contributed by atoms with Crippen LogP contribution in [-0.4, -0.2) is 24.9 Å². The molecule has 0 aromatic heterocycles. The van der Waals surface area contributed by atoms with Gasteiger partial charge in [-0.05, 0) is 11.8 Å². The smallest absolute Gasteiger partial charge is 0.209 e. The van der Waals surface area contributed by atoms with Crippen molar-refractivity contribution in [2.24, 2.45) is 11.8 Å². The molecule has 0 bridgehead atoms. The van der Waals surface area contributed by atoms with Crippen molar-refractivity contribution in [1.82, 2.24) is 4.90 Å². The van der Waals surface area contributed by atoms with Crippen LogP contribution in [0.3, 0.4) is 0 Å². The van der Waals surface area contributed by atoms with E-state index in [0.29, 0.717) is 11.8 Å². The summed E-state index contributed by atoms with van der Waals surface area (Å²) in [4.78, 5) is 12.0. The third-order valence-corrected chi connectivity index (χ3v) is 2.17. The van der Waals surface area contributed by atoms with Crippen molar-refractivity contribution in [3.63, 3.8) is 0 Å². The van der Waals surface area contributed by atoms with Gasteiger partial charge in [0, 0.05) is 13.6 Å². The Morgan fingerprint density at radius 1 is 1.45 bits per heavy atom. The van der Waals surface area contributed by atoms with E-state index in [-0.39, 0.29) is 0 Å². The quantitative estimate of drug-likeness (QED) is 0.557. The molecule has 66 valence electrons. The maximum absolute atomic E-state index is 10.3. The highest BCUT2D eigenvalue weighted by atomic mass is 16.1. The van der Waals surface area contributed by atoms with E-state index in [4.69, 9.17) is 0 Å². The highest BCUT2D eigenvalue weighted by molar-refractivity contribution is 5.46. The molecular weight excluding hydrogens is 138 g/mol. The van der Waals surface area contributed by atoms with Crippen LogP contribution in [0, 0.1) is 11.8 Å². The first kappa shape index (κ1) is 10.5. The molecule has 1 amide bonds. The second-order valence-electron chi connectivity index (χ2n) is 3.46. The number of nitrogens with zero attached hydrogens (tertiary/aromatic N) is 1. The van der Waals surface area contributed by atoms with Gasteiger partial charge in [0.25, 0.3) is 0 Å². The van der Waals surface area contributed by atoms with Crippen LogP contribution in [0.4, 0.5) is 0 Å². The zero-order valence-corrected chi connectivity index (χ0v) is 8.00. The number of amides is 1. The third kappa shape index (κ3) is 4.02. The van der Waals surface area contributed by atoms with Gasteiger partial charge in [-0.3, -0.25) is 4.79 Å². The largest absolute Gasteiger partial charge is 0.348 e. The second-order valence-corrected chi connectivity index (χ2v) is 3.46. The number of hydrogen-bond acceptors (Lipinski definition) is 1. The normalized spacial score (nSPS) is 13.2. The maximum Gasteiger partial charge on any atom is 0.209 e. The SMILES string of the molecule is CCC(CN(C)C=O)C(C)C. The van der Waals surface area contributed by atoms with Gasteiger partial charge in [0.2, 0.25) is 6.41 Å². The average Bonchev–Trinajstić information content (AvgIpc) is 1.99. The Morgan fingerprint density at radius 3 is 2.27 bits per heavy atom. The minimum absolute atomic E-state index is 0.644. The molecule has 0 saturated heterocycles. The Labute approximate surface area is 69.6 Å². The molecule has 0 N–H and O–H groups in total. The predicted octanol–water partition coefficient (Wildman–Crippen LogP) is 1.76. The molecule has 0 radical (unpaired) electrons. The standard InChI is InChI=1S/C9H19NO/c1-5-9(8(2)3)6-10(4)7-11/h7-9H,5-6H2,1-4H3. The van der Waals surface area contributed by atoms with Crippen LogP contribution in [0.15, 0.2) is 0 Å². The van der Waals surface area contributed by atoms with Crippen LogP contribution in [0.2, 0.25) is 0 Å². The number of carbonyl (C=O) groups excluding carboxylic acids is 1. The summed E-state index contributed by atoms with van der Waals surface area (Å²) in [6, 6.07) is 0. The van der Waals surface area contributed by atoms with Crippen LogP contribution in [-0.2, 0) is 4.79 Å². The Hall–Kier alpha value is -0.530. The summed E-state index contributed by atoms with van der Waals surface area (Å²) >= 11 is 0. The number of hydrogen-bond donors (Lipinski definition) is 0. The van der Waals surface area contributed by atoms with Crippen molar-refractivity contribution in [2.75, 3.05) is 13.6 Å². The van der Waals surface area contributed by atoms with E-state index < -0.39 is 0 Å². The monoisotopic (exact) mass is 157 g/mol. The molecule has 0 fully saturated rings. The molecule has 11 heavy (non-hydrogen) atoms. The van der Waals surface area contributed by atoms with E-state index in [9.17, 15) is 4.79 Å². The predicted molar refractivity (Wildman–Crippen MR) is 47.3 cm³/mol. The number of carbonyl (C=O) groups is 1. The molecule has 1 unspecified atom stereocenters. The van der Waals surface area contributed by atoms with Crippen molar-refractivity contribution in [1.29, 1.82) is 0 Å². The van der Waals surface area contributed by atoms with Crippen LogP contribution < -0.4 is 0 Å². The summed E-state index contributed by atoms with van der Waals surface area (Å²) in [6.07, 6.45) is 2.04. The molecule has 0 aliphatic heterocycles. The maximum atomic E-state index is 10.3. The van der Waals surface area contributed by atoms with E-state index in [1.165, 1.54) is 0 Å². The van der Waals surface area contributed by atoms with E-state index in [0.717, 1.165) is 19.4 Å². The van der Waals surface area contributed by atoms with Crippen molar-refractivity contribution in [3.8, 4) is 0 Å². The molecule has 2 nitrogen and oxygen atoms in total. The van der Waals surface area contributed by atoms with E-state index in [1.54, 1.807) is 4.90 Å². The zero-order chi connectivity index (χ0) is 8.85. The first-order valence-corrected chi connectivity index (χ1v) is 4.27. The highest BCUT2D eigenvalue weighted by Gasteiger charge is 2.11. The Bertz CT molecular complexity index is 112. The fourth-order valence-corrected chi connectivity index (χ4v) is 1.22. The first-order valence-electron chi connectivity index (χ1n) is 4.27. The minimum atomic E-state index is 0.644. The summed E-state index contributed by atoms with van der Waals surface area (Å²) in [7, 11) is 1.83. The molecular formula is C9H19NO. The van der Waals surface area contributed by atoms with E-state index >= 15 is 0 Å². The first-order chi connectivity index (χ1) is 5.11. The molecule has 0 rings (SSSR count). The van der Waals surface area contributed by atoms with Crippen LogP contribution in [0.1, 0.15) is 27.2 Å². The van der Waals surface area contributed by atoms with Crippen molar-refractivity contribution in [3.05, 3.63) is 0 Å². The lowest BCUT2D eigenvalue weighted by atomic mass is 9.93. The van der Waals surface area contributed by atoms with Crippen LogP contribution in [0.5, 0.6) is 0 Å². The Morgan fingerprint density at radius 2 is 2.00 bits per heavy atom. The van der Waals surface area contributed by atoms with Gasteiger partial charge in [0.15, 0.2) is 0 Å². The van der Waals surface area contributed by atoms with Crippen molar-refractivity contribution >= 4 is 6.41 Å². The van der Waals surface area contributed by atoms with E-state index in [1.807, 2.05) is 7.05 Å². The molecule has 0 spiro atoms. The van der Waals surface area contributed by atoms with Gasteiger partial charge >= 0.3 is 0 Å². The van der Waals surface area contributed by atoms with E-state index in [2.05, 4.69) is 20.8 Å². The van der Waals surface area contributed by atoms with Crippen molar-refractivity contribution < 1.29 is 4.79 Å². The van der Waals surface area contributed by atoms with Gasteiger partial charge in [0.05, 0.1) is 0 Å². The lowest BCUT2D eigenvalue weighted by molar-refractivity contribution is -0.117. The average molecular weight is 157 g/mol. The van der Waals surface area contributed by atoms with Gasteiger partial charge in [-0.25, -0.2) is 0 Å². The summed E-state index contributed by atoms with van der Waals surface area (Å²) in [6.45, 7) is 7.46. The minimum Gasteiger partial charge on any atom is -0.348 e. The fraction of sp³-hybridized carbons (Fsp3) is 0.889. The second kappa shape index (κ2) is 5.16. The molecule has 0 heterocycles. The number of rotatable bonds is 5. The molecule has 0 saturated carbocycles. The zero-order valence-electron chi connectivity index (χ0n) is 8.00. The molecule has 0 aromatic rings. The topological polar surface area (TPSA) is 20.3 Å². The molecule has 0 aliphatic carbocycles. The van der Waals surface area contributed by atoms with Gasteiger partial charge in [-0.2, -0.15) is 0 Å². The van der Waals surface area contributed by atoms with Gasteiger partial charge in [-0.1, -0.05) is 27.2 Å². The van der Waals surface area contributed by atoms with Crippen LogP contribution >= 0.6 is 0 Å². The summed E-state index contributed by atoms with van der Waals surface area (Å²) < 4.78 is 0. The Balaban J connectivity index is 3.77. The third-order valence-electron chi connectivity index (χ3n) is 2.17. The molecule has 1 atom stereocenters. The highest BCUT2D eigenvalue weighted by Crippen LogP contribution is 2.14. The molecule has 2 heteroatoms. The lowest BCUT2D eigenvalue weighted by Gasteiger charge is -2.22. The summed E-state index contributed by atoms with van der Waals surface area (Å²) in [5, 5.41) is 0.